The lowest BCUT2D eigenvalue weighted by atomic mass is 10.1. The Morgan fingerprint density at radius 2 is 1.95 bits per heavy atom. The minimum absolute atomic E-state index is 0.406. The van der Waals surface area contributed by atoms with Crippen LogP contribution in [0.15, 0.2) is 48.7 Å². The number of carbonyl (C=O) groups is 1. The van der Waals surface area contributed by atoms with E-state index in [1.165, 1.54) is 0 Å². The highest BCUT2D eigenvalue weighted by molar-refractivity contribution is 6.32. The van der Waals surface area contributed by atoms with Crippen LogP contribution in [0.4, 0.5) is 0 Å². The van der Waals surface area contributed by atoms with E-state index in [2.05, 4.69) is 5.10 Å². The maximum atomic E-state index is 11.4. The van der Waals surface area contributed by atoms with Crippen LogP contribution in [-0.2, 0) is 0 Å². The molecular weight excluding hydrogens is 262 g/mol. The van der Waals surface area contributed by atoms with Gasteiger partial charge < -0.3 is 5.73 Å². The average Bonchev–Trinajstić information content (AvgIpc) is 2.82. The minimum atomic E-state index is -0.491. The Hall–Kier alpha value is -2.33. The maximum absolute atomic E-state index is 11.4. The summed E-state index contributed by atoms with van der Waals surface area (Å²) >= 11 is 6.14. The standard InChI is InChI=1S/C14H10ClN3O/c15-11-6-1-2-7-12(11)18-8-9-4-3-5-10(14(16)19)13(9)17-18/h1-8H,(H2,16,19). The third kappa shape index (κ3) is 1.96. The summed E-state index contributed by atoms with van der Waals surface area (Å²) in [5.74, 6) is -0.491. The molecule has 0 fully saturated rings. The molecule has 0 aliphatic carbocycles. The molecule has 3 rings (SSSR count). The summed E-state index contributed by atoms with van der Waals surface area (Å²) in [7, 11) is 0. The molecule has 0 saturated heterocycles. The van der Waals surface area contributed by atoms with E-state index in [1.807, 2.05) is 30.5 Å². The van der Waals surface area contributed by atoms with Crippen molar-refractivity contribution in [1.82, 2.24) is 9.78 Å². The molecule has 0 saturated carbocycles. The molecule has 0 bridgehead atoms. The van der Waals surface area contributed by atoms with E-state index in [1.54, 1.807) is 22.9 Å². The van der Waals surface area contributed by atoms with Gasteiger partial charge in [0.25, 0.3) is 5.91 Å². The second-order valence-electron chi connectivity index (χ2n) is 4.13. The fourth-order valence-electron chi connectivity index (χ4n) is 2.01. The minimum Gasteiger partial charge on any atom is -0.366 e. The molecule has 0 radical (unpaired) electrons. The number of primary amides is 1. The van der Waals surface area contributed by atoms with E-state index in [0.29, 0.717) is 16.1 Å². The average molecular weight is 272 g/mol. The molecule has 2 N–H and O–H groups in total. The number of benzene rings is 2. The van der Waals surface area contributed by atoms with Gasteiger partial charge in [-0.15, -0.1) is 0 Å². The molecule has 1 heterocycles. The van der Waals surface area contributed by atoms with Crippen LogP contribution in [0.25, 0.3) is 16.6 Å². The quantitative estimate of drug-likeness (QED) is 0.779. The maximum Gasteiger partial charge on any atom is 0.250 e. The second-order valence-corrected chi connectivity index (χ2v) is 4.54. The second kappa shape index (κ2) is 4.40. The Morgan fingerprint density at radius 1 is 1.16 bits per heavy atom. The van der Waals surface area contributed by atoms with Crippen LogP contribution < -0.4 is 5.73 Å². The van der Waals surface area contributed by atoms with Gasteiger partial charge in [-0.05, 0) is 18.2 Å². The fourth-order valence-corrected chi connectivity index (χ4v) is 2.23. The molecule has 4 nitrogen and oxygen atoms in total. The molecule has 5 heteroatoms. The van der Waals surface area contributed by atoms with Crippen molar-refractivity contribution in [2.24, 2.45) is 5.73 Å². The monoisotopic (exact) mass is 271 g/mol. The van der Waals surface area contributed by atoms with Gasteiger partial charge >= 0.3 is 0 Å². The van der Waals surface area contributed by atoms with Gasteiger partial charge in [0.15, 0.2) is 0 Å². The third-order valence-corrected chi connectivity index (χ3v) is 3.22. The Morgan fingerprint density at radius 3 is 2.68 bits per heavy atom. The van der Waals surface area contributed by atoms with Gasteiger partial charge in [-0.25, -0.2) is 4.68 Å². The number of nitrogens with zero attached hydrogens (tertiary/aromatic N) is 2. The van der Waals surface area contributed by atoms with Crippen molar-refractivity contribution in [2.75, 3.05) is 0 Å². The highest BCUT2D eigenvalue weighted by Gasteiger charge is 2.11. The first kappa shape index (κ1) is 11.7. The van der Waals surface area contributed by atoms with E-state index in [0.717, 1.165) is 11.1 Å². The molecule has 0 spiro atoms. The number of amides is 1. The number of hydrogen-bond donors (Lipinski definition) is 1. The zero-order valence-corrected chi connectivity index (χ0v) is 10.6. The highest BCUT2D eigenvalue weighted by atomic mass is 35.5. The summed E-state index contributed by atoms with van der Waals surface area (Å²) in [4.78, 5) is 11.4. The lowest BCUT2D eigenvalue weighted by Gasteiger charge is -2.02. The number of carbonyl (C=O) groups excluding carboxylic acids is 1. The van der Waals surface area contributed by atoms with Gasteiger partial charge in [0, 0.05) is 11.6 Å². The van der Waals surface area contributed by atoms with Gasteiger partial charge in [0.1, 0.15) is 5.52 Å². The van der Waals surface area contributed by atoms with Crippen molar-refractivity contribution >= 4 is 28.4 Å². The zero-order chi connectivity index (χ0) is 13.4. The first-order valence-electron chi connectivity index (χ1n) is 5.70. The Balaban J connectivity index is 2.26. The smallest absolute Gasteiger partial charge is 0.250 e. The van der Waals surface area contributed by atoms with Gasteiger partial charge in [0.05, 0.1) is 16.3 Å². The van der Waals surface area contributed by atoms with E-state index >= 15 is 0 Å². The summed E-state index contributed by atoms with van der Waals surface area (Å²) in [6, 6.07) is 12.7. The molecule has 94 valence electrons. The zero-order valence-electron chi connectivity index (χ0n) is 9.88. The SMILES string of the molecule is NC(=O)c1cccc2cn(-c3ccccc3Cl)nc12. The molecule has 0 unspecified atom stereocenters. The number of nitrogens with two attached hydrogens (primary N) is 1. The Labute approximate surface area is 114 Å². The van der Waals surface area contributed by atoms with E-state index in [-0.39, 0.29) is 0 Å². The topological polar surface area (TPSA) is 60.9 Å². The number of fused-ring (bicyclic) bond motifs is 1. The molecular formula is C14H10ClN3O. The Kier molecular flexibility index (Phi) is 2.72. The van der Waals surface area contributed by atoms with Crippen LogP contribution in [0.5, 0.6) is 0 Å². The number of hydrogen-bond acceptors (Lipinski definition) is 2. The summed E-state index contributed by atoms with van der Waals surface area (Å²) in [6.07, 6.45) is 1.82. The van der Waals surface area contributed by atoms with Crippen molar-refractivity contribution in [3.8, 4) is 5.69 Å². The third-order valence-electron chi connectivity index (χ3n) is 2.90. The van der Waals surface area contributed by atoms with Crippen LogP contribution in [0.2, 0.25) is 5.02 Å². The fraction of sp³-hybridized carbons (Fsp3) is 0. The molecule has 0 aliphatic rings. The summed E-state index contributed by atoms with van der Waals surface area (Å²) in [6.45, 7) is 0. The normalized spacial score (nSPS) is 10.8. The van der Waals surface area contributed by atoms with Crippen LogP contribution in [-0.4, -0.2) is 15.7 Å². The molecule has 3 aromatic rings. The predicted octanol–water partition coefficient (Wildman–Crippen LogP) is 2.78. The molecule has 0 aliphatic heterocycles. The summed E-state index contributed by atoms with van der Waals surface area (Å²) < 4.78 is 1.65. The number of halogens is 1. The molecule has 0 atom stereocenters. The summed E-state index contributed by atoms with van der Waals surface area (Å²) in [5.41, 5.74) is 7.09. The lowest BCUT2D eigenvalue weighted by molar-refractivity contribution is 0.100. The number of aromatic nitrogens is 2. The molecule has 1 aromatic heterocycles. The van der Waals surface area contributed by atoms with E-state index in [9.17, 15) is 4.79 Å². The van der Waals surface area contributed by atoms with Crippen LogP contribution in [0.3, 0.4) is 0 Å². The molecule has 2 aromatic carbocycles. The van der Waals surface area contributed by atoms with Gasteiger partial charge in [-0.1, -0.05) is 35.9 Å². The van der Waals surface area contributed by atoms with Crippen molar-refractivity contribution in [2.45, 2.75) is 0 Å². The van der Waals surface area contributed by atoms with Crippen LogP contribution in [0.1, 0.15) is 10.4 Å². The first-order chi connectivity index (χ1) is 9.16. The van der Waals surface area contributed by atoms with E-state index in [4.69, 9.17) is 17.3 Å². The highest BCUT2D eigenvalue weighted by Crippen LogP contribution is 2.23. The Bertz CT molecular complexity index is 779. The largest absolute Gasteiger partial charge is 0.366 e. The van der Waals surface area contributed by atoms with Gasteiger partial charge in [-0.3, -0.25) is 4.79 Å². The molecule has 1 amide bonds. The first-order valence-corrected chi connectivity index (χ1v) is 6.08. The molecule has 19 heavy (non-hydrogen) atoms. The van der Waals surface area contributed by atoms with Gasteiger partial charge in [-0.2, -0.15) is 5.10 Å². The number of para-hydroxylation sites is 1. The van der Waals surface area contributed by atoms with Gasteiger partial charge in [0.2, 0.25) is 0 Å². The van der Waals surface area contributed by atoms with Crippen molar-refractivity contribution < 1.29 is 4.79 Å². The summed E-state index contributed by atoms with van der Waals surface area (Å²) in [5, 5.41) is 5.83. The predicted molar refractivity (Wildman–Crippen MR) is 74.6 cm³/mol. The van der Waals surface area contributed by atoms with Crippen LogP contribution >= 0.6 is 11.6 Å². The number of rotatable bonds is 2. The van der Waals surface area contributed by atoms with Crippen molar-refractivity contribution in [1.29, 1.82) is 0 Å². The van der Waals surface area contributed by atoms with E-state index < -0.39 is 5.91 Å². The van der Waals surface area contributed by atoms with Crippen LogP contribution in [0, 0.1) is 0 Å². The van der Waals surface area contributed by atoms with Crippen molar-refractivity contribution in [3.05, 3.63) is 59.2 Å². The lowest BCUT2D eigenvalue weighted by Crippen LogP contribution is -2.11. The van der Waals surface area contributed by atoms with Crippen molar-refractivity contribution in [3.63, 3.8) is 0 Å².